The molecule has 1 heterocycles. The van der Waals surface area contributed by atoms with Gasteiger partial charge in [-0.1, -0.05) is 13.0 Å². The average molecular weight is 253 g/mol. The molecule has 0 spiro atoms. The van der Waals surface area contributed by atoms with Crippen molar-refractivity contribution in [1.82, 2.24) is 5.32 Å². The number of ether oxygens (including phenoxy) is 1. The molecule has 0 unspecified atom stereocenters. The van der Waals surface area contributed by atoms with E-state index in [0.29, 0.717) is 0 Å². The van der Waals surface area contributed by atoms with E-state index in [1.165, 1.54) is 30.6 Å². The van der Waals surface area contributed by atoms with Gasteiger partial charge in [-0.05, 0) is 50.2 Å². The van der Waals surface area contributed by atoms with Crippen LogP contribution in [0.15, 0.2) is 17.5 Å². The summed E-state index contributed by atoms with van der Waals surface area (Å²) in [7, 11) is 0. The fourth-order valence-electron chi connectivity index (χ4n) is 2.35. The van der Waals surface area contributed by atoms with Crippen LogP contribution in [-0.2, 0) is 11.2 Å². The van der Waals surface area contributed by atoms with E-state index in [0.717, 1.165) is 26.1 Å². The first-order chi connectivity index (χ1) is 8.35. The molecule has 0 atom stereocenters. The monoisotopic (exact) mass is 253 g/mol. The molecule has 1 saturated carbocycles. The lowest BCUT2D eigenvalue weighted by atomic mass is 9.77. The Kier molecular flexibility index (Phi) is 5.01. The van der Waals surface area contributed by atoms with Gasteiger partial charge in [0.15, 0.2) is 0 Å². The second-order valence-corrected chi connectivity index (χ2v) is 5.85. The van der Waals surface area contributed by atoms with Gasteiger partial charge in [-0.2, -0.15) is 0 Å². The molecule has 2 rings (SSSR count). The van der Waals surface area contributed by atoms with Gasteiger partial charge in [0, 0.05) is 11.3 Å². The third kappa shape index (κ3) is 3.80. The predicted octanol–water partition coefficient (Wildman–Crippen LogP) is 3.23. The highest BCUT2D eigenvalue weighted by molar-refractivity contribution is 7.09. The Balaban J connectivity index is 1.68. The van der Waals surface area contributed by atoms with Crippen molar-refractivity contribution < 1.29 is 4.74 Å². The zero-order chi connectivity index (χ0) is 12.0. The van der Waals surface area contributed by atoms with Crippen molar-refractivity contribution in [2.75, 3.05) is 19.7 Å². The van der Waals surface area contributed by atoms with Crippen molar-refractivity contribution in [3.8, 4) is 0 Å². The fraction of sp³-hybridized carbons (Fsp3) is 0.714. The van der Waals surface area contributed by atoms with Crippen LogP contribution in [0.1, 0.15) is 37.5 Å². The Hall–Kier alpha value is -0.380. The van der Waals surface area contributed by atoms with Crippen molar-refractivity contribution in [1.29, 1.82) is 0 Å². The van der Waals surface area contributed by atoms with Crippen molar-refractivity contribution >= 4 is 11.3 Å². The largest absolute Gasteiger partial charge is 0.375 e. The summed E-state index contributed by atoms with van der Waals surface area (Å²) in [5, 5.41) is 5.54. The summed E-state index contributed by atoms with van der Waals surface area (Å²) < 4.78 is 6.15. The molecule has 2 nitrogen and oxygen atoms in total. The second-order valence-electron chi connectivity index (χ2n) is 4.82. The third-order valence-electron chi connectivity index (χ3n) is 3.61. The molecule has 0 saturated heterocycles. The SMILES string of the molecule is CCNCCC1(OCCc2cccs2)CCC1. The minimum absolute atomic E-state index is 0.208. The van der Waals surface area contributed by atoms with Gasteiger partial charge >= 0.3 is 0 Å². The first-order valence-corrected chi connectivity index (χ1v) is 7.60. The molecule has 0 amide bonds. The first kappa shape index (κ1) is 13.1. The molecular weight excluding hydrogens is 230 g/mol. The predicted molar refractivity (Wildman–Crippen MR) is 73.7 cm³/mol. The number of hydrogen-bond acceptors (Lipinski definition) is 3. The lowest BCUT2D eigenvalue weighted by Crippen LogP contribution is -2.43. The topological polar surface area (TPSA) is 21.3 Å². The van der Waals surface area contributed by atoms with Gasteiger partial charge in [0.1, 0.15) is 0 Å². The standard InChI is InChI=1S/C14H23NOS/c1-2-15-10-9-14(7-4-8-14)16-11-6-13-5-3-12-17-13/h3,5,12,15H,2,4,6-11H2,1H3. The highest BCUT2D eigenvalue weighted by atomic mass is 32.1. The maximum atomic E-state index is 6.15. The van der Waals surface area contributed by atoms with Crippen LogP contribution >= 0.6 is 11.3 Å². The molecule has 3 heteroatoms. The maximum Gasteiger partial charge on any atom is 0.0694 e. The Labute approximate surface area is 108 Å². The van der Waals surface area contributed by atoms with Crippen LogP contribution in [0, 0.1) is 0 Å². The number of nitrogens with one attached hydrogen (secondary N) is 1. The summed E-state index contributed by atoms with van der Waals surface area (Å²) in [6, 6.07) is 4.31. The second kappa shape index (κ2) is 6.53. The quantitative estimate of drug-likeness (QED) is 0.718. The van der Waals surface area contributed by atoms with Crippen LogP contribution in [0.5, 0.6) is 0 Å². The molecule has 0 radical (unpaired) electrons. The lowest BCUT2D eigenvalue weighted by Gasteiger charge is -2.42. The Morgan fingerprint density at radius 3 is 2.94 bits per heavy atom. The van der Waals surface area contributed by atoms with Crippen LogP contribution < -0.4 is 5.32 Å². The summed E-state index contributed by atoms with van der Waals surface area (Å²) in [5.74, 6) is 0. The lowest BCUT2D eigenvalue weighted by molar-refractivity contribution is -0.103. The van der Waals surface area contributed by atoms with Crippen LogP contribution in [0.4, 0.5) is 0 Å². The van der Waals surface area contributed by atoms with Crippen LogP contribution in [-0.4, -0.2) is 25.3 Å². The summed E-state index contributed by atoms with van der Waals surface area (Å²) in [6.45, 7) is 5.19. The fourth-order valence-corrected chi connectivity index (χ4v) is 3.04. The molecule has 1 fully saturated rings. The molecule has 17 heavy (non-hydrogen) atoms. The third-order valence-corrected chi connectivity index (χ3v) is 4.55. The van der Waals surface area contributed by atoms with E-state index in [1.54, 1.807) is 0 Å². The highest BCUT2D eigenvalue weighted by Gasteiger charge is 2.37. The molecular formula is C14H23NOS. The van der Waals surface area contributed by atoms with Gasteiger partial charge < -0.3 is 10.1 Å². The van der Waals surface area contributed by atoms with E-state index in [-0.39, 0.29) is 5.60 Å². The smallest absolute Gasteiger partial charge is 0.0694 e. The summed E-state index contributed by atoms with van der Waals surface area (Å²) in [4.78, 5) is 1.44. The van der Waals surface area contributed by atoms with Gasteiger partial charge in [-0.3, -0.25) is 0 Å². The zero-order valence-corrected chi connectivity index (χ0v) is 11.5. The van der Waals surface area contributed by atoms with Gasteiger partial charge in [0.05, 0.1) is 12.2 Å². The van der Waals surface area contributed by atoms with Gasteiger partial charge in [0.2, 0.25) is 0 Å². The van der Waals surface area contributed by atoms with E-state index in [1.807, 2.05) is 11.3 Å². The molecule has 0 bridgehead atoms. The summed E-state index contributed by atoms with van der Waals surface area (Å²) >= 11 is 1.83. The minimum Gasteiger partial charge on any atom is -0.375 e. The molecule has 1 aromatic heterocycles. The normalized spacial score (nSPS) is 17.9. The van der Waals surface area contributed by atoms with E-state index < -0.39 is 0 Å². The number of rotatable bonds is 8. The van der Waals surface area contributed by atoms with Gasteiger partial charge in [-0.15, -0.1) is 11.3 Å². The summed E-state index contributed by atoms with van der Waals surface area (Å²) in [6.07, 6.45) is 6.09. The Morgan fingerprint density at radius 1 is 1.47 bits per heavy atom. The van der Waals surface area contributed by atoms with Gasteiger partial charge in [-0.25, -0.2) is 0 Å². The molecule has 96 valence electrons. The van der Waals surface area contributed by atoms with Crippen LogP contribution in [0.3, 0.4) is 0 Å². The highest BCUT2D eigenvalue weighted by Crippen LogP contribution is 2.38. The zero-order valence-electron chi connectivity index (χ0n) is 10.7. The van der Waals surface area contributed by atoms with E-state index in [4.69, 9.17) is 4.74 Å². The van der Waals surface area contributed by atoms with Crippen molar-refractivity contribution in [2.24, 2.45) is 0 Å². The first-order valence-electron chi connectivity index (χ1n) is 6.72. The van der Waals surface area contributed by atoms with Crippen molar-refractivity contribution in [2.45, 2.75) is 44.6 Å². The van der Waals surface area contributed by atoms with Gasteiger partial charge in [0.25, 0.3) is 0 Å². The maximum absolute atomic E-state index is 6.15. The van der Waals surface area contributed by atoms with E-state index >= 15 is 0 Å². The van der Waals surface area contributed by atoms with Crippen LogP contribution in [0.2, 0.25) is 0 Å². The molecule has 0 aliphatic heterocycles. The van der Waals surface area contributed by atoms with Crippen LogP contribution in [0.25, 0.3) is 0 Å². The molecule has 0 aromatic carbocycles. The Morgan fingerprint density at radius 2 is 2.35 bits per heavy atom. The van der Waals surface area contributed by atoms with E-state index in [2.05, 4.69) is 29.8 Å². The molecule has 1 aromatic rings. The van der Waals surface area contributed by atoms with E-state index in [9.17, 15) is 0 Å². The number of hydrogen-bond donors (Lipinski definition) is 1. The summed E-state index contributed by atoms with van der Waals surface area (Å²) in [5.41, 5.74) is 0.208. The minimum atomic E-state index is 0.208. The Bertz CT molecular complexity index is 306. The number of thiophene rings is 1. The van der Waals surface area contributed by atoms with Crippen molar-refractivity contribution in [3.05, 3.63) is 22.4 Å². The average Bonchev–Trinajstić information content (AvgIpc) is 2.78. The molecule has 1 aliphatic rings. The molecule has 1 aliphatic carbocycles. The molecule has 1 N–H and O–H groups in total. The van der Waals surface area contributed by atoms with Crippen molar-refractivity contribution in [3.63, 3.8) is 0 Å².